The van der Waals surface area contributed by atoms with Crippen molar-refractivity contribution in [3.8, 4) is 0 Å². The van der Waals surface area contributed by atoms with Gasteiger partial charge in [0.1, 0.15) is 5.82 Å². The highest BCUT2D eigenvalue weighted by molar-refractivity contribution is 9.10. The van der Waals surface area contributed by atoms with Crippen LogP contribution in [0.15, 0.2) is 47.2 Å². The van der Waals surface area contributed by atoms with Gasteiger partial charge in [-0.05, 0) is 36.1 Å². The van der Waals surface area contributed by atoms with E-state index in [1.165, 1.54) is 12.3 Å². The number of carboxylic acid groups (broad SMARTS) is 1. The van der Waals surface area contributed by atoms with E-state index in [0.717, 1.165) is 16.2 Å². The zero-order valence-corrected chi connectivity index (χ0v) is 12.2. The maximum absolute atomic E-state index is 13.1. The number of aliphatic carboxylic acids is 1. The van der Waals surface area contributed by atoms with Crippen molar-refractivity contribution in [2.45, 2.75) is 12.8 Å². The van der Waals surface area contributed by atoms with E-state index in [1.54, 1.807) is 0 Å². The summed E-state index contributed by atoms with van der Waals surface area (Å²) in [5.41, 5.74) is 1.51. The van der Waals surface area contributed by atoms with Gasteiger partial charge in [-0.1, -0.05) is 34.1 Å². The molecule has 0 spiro atoms. The van der Waals surface area contributed by atoms with E-state index >= 15 is 0 Å². The Bertz CT molecular complexity index is 618. The molecule has 0 aliphatic heterocycles. The van der Waals surface area contributed by atoms with Crippen LogP contribution >= 0.6 is 15.9 Å². The molecule has 1 heterocycles. The van der Waals surface area contributed by atoms with Gasteiger partial charge in [0.2, 0.25) is 0 Å². The van der Waals surface area contributed by atoms with Gasteiger partial charge in [-0.2, -0.15) is 0 Å². The first-order chi connectivity index (χ1) is 9.56. The summed E-state index contributed by atoms with van der Waals surface area (Å²) in [5, 5.41) is 9.33. The molecule has 5 heteroatoms. The standard InChI is InChI=1S/C15H13BrFNO2/c16-14-4-2-1-3-11(14)7-12(15(19)20)5-10-6-13(17)9-18-8-10/h1-4,6,8-9,12H,5,7H2,(H,19,20). The molecule has 2 aromatic rings. The predicted octanol–water partition coefficient (Wildman–Crippen LogP) is 3.47. The van der Waals surface area contributed by atoms with Crippen molar-refractivity contribution >= 4 is 21.9 Å². The van der Waals surface area contributed by atoms with Crippen LogP contribution in [0.4, 0.5) is 4.39 Å². The maximum Gasteiger partial charge on any atom is 0.307 e. The van der Waals surface area contributed by atoms with Gasteiger partial charge in [-0.15, -0.1) is 0 Å². The fourth-order valence-corrected chi connectivity index (χ4v) is 2.47. The quantitative estimate of drug-likeness (QED) is 0.908. The molecular formula is C15H13BrFNO2. The number of hydrogen-bond acceptors (Lipinski definition) is 2. The van der Waals surface area contributed by atoms with Crippen molar-refractivity contribution < 1.29 is 14.3 Å². The molecule has 0 saturated heterocycles. The Morgan fingerprint density at radius 2 is 2.05 bits per heavy atom. The number of nitrogens with zero attached hydrogens (tertiary/aromatic N) is 1. The second-order valence-corrected chi connectivity index (χ2v) is 5.40. The highest BCUT2D eigenvalue weighted by atomic mass is 79.9. The summed E-state index contributed by atoms with van der Waals surface area (Å²) >= 11 is 3.41. The van der Waals surface area contributed by atoms with Crippen LogP contribution in [0.3, 0.4) is 0 Å². The van der Waals surface area contributed by atoms with Crippen molar-refractivity contribution in [2.24, 2.45) is 5.92 Å². The Kier molecular flexibility index (Phi) is 4.84. The molecule has 104 valence electrons. The second kappa shape index (κ2) is 6.61. The maximum atomic E-state index is 13.1. The van der Waals surface area contributed by atoms with Crippen LogP contribution in [0.5, 0.6) is 0 Å². The van der Waals surface area contributed by atoms with Crippen molar-refractivity contribution in [3.63, 3.8) is 0 Å². The van der Waals surface area contributed by atoms with Gasteiger partial charge in [0.15, 0.2) is 0 Å². The molecule has 0 bridgehead atoms. The van der Waals surface area contributed by atoms with Crippen molar-refractivity contribution in [1.82, 2.24) is 4.98 Å². The number of hydrogen-bond donors (Lipinski definition) is 1. The Balaban J connectivity index is 2.16. The van der Waals surface area contributed by atoms with Crippen LogP contribution in [-0.4, -0.2) is 16.1 Å². The molecule has 0 fully saturated rings. The number of benzene rings is 1. The first-order valence-electron chi connectivity index (χ1n) is 6.12. The summed E-state index contributed by atoms with van der Waals surface area (Å²) in [6.07, 6.45) is 3.24. The normalized spacial score (nSPS) is 12.1. The van der Waals surface area contributed by atoms with Crippen molar-refractivity contribution in [1.29, 1.82) is 0 Å². The minimum absolute atomic E-state index is 0.251. The zero-order chi connectivity index (χ0) is 14.5. The van der Waals surface area contributed by atoms with Gasteiger partial charge in [-0.25, -0.2) is 4.39 Å². The molecule has 0 saturated carbocycles. The first kappa shape index (κ1) is 14.7. The third-order valence-corrected chi connectivity index (χ3v) is 3.79. The van der Waals surface area contributed by atoms with Gasteiger partial charge in [0, 0.05) is 10.7 Å². The van der Waals surface area contributed by atoms with Crippen molar-refractivity contribution in [3.05, 3.63) is 64.1 Å². The van der Waals surface area contributed by atoms with Gasteiger partial charge in [-0.3, -0.25) is 9.78 Å². The molecule has 3 nitrogen and oxygen atoms in total. The molecule has 0 amide bonds. The zero-order valence-electron chi connectivity index (χ0n) is 10.6. The fraction of sp³-hybridized carbons (Fsp3) is 0.200. The number of rotatable bonds is 5. The van der Waals surface area contributed by atoms with Crippen LogP contribution in [-0.2, 0) is 17.6 Å². The average molecular weight is 338 g/mol. The molecule has 2 rings (SSSR count). The molecule has 1 N–H and O–H groups in total. The monoisotopic (exact) mass is 337 g/mol. The van der Waals surface area contributed by atoms with Gasteiger partial charge in [0.25, 0.3) is 0 Å². The third-order valence-electron chi connectivity index (χ3n) is 3.02. The number of carboxylic acids is 1. The minimum Gasteiger partial charge on any atom is -0.481 e. The topological polar surface area (TPSA) is 50.2 Å². The highest BCUT2D eigenvalue weighted by Gasteiger charge is 2.20. The Morgan fingerprint density at radius 3 is 2.70 bits per heavy atom. The lowest BCUT2D eigenvalue weighted by Crippen LogP contribution is -2.19. The molecule has 0 aliphatic carbocycles. The Hall–Kier alpha value is -1.75. The van der Waals surface area contributed by atoms with E-state index in [-0.39, 0.29) is 6.42 Å². The minimum atomic E-state index is -0.898. The Labute approximate surface area is 124 Å². The second-order valence-electron chi connectivity index (χ2n) is 4.55. The molecule has 20 heavy (non-hydrogen) atoms. The summed E-state index contributed by atoms with van der Waals surface area (Å²) in [7, 11) is 0. The largest absolute Gasteiger partial charge is 0.481 e. The summed E-state index contributed by atoms with van der Waals surface area (Å²) in [6, 6.07) is 8.81. The van der Waals surface area contributed by atoms with E-state index < -0.39 is 17.7 Å². The van der Waals surface area contributed by atoms with Gasteiger partial charge >= 0.3 is 5.97 Å². The summed E-state index contributed by atoms with van der Waals surface area (Å²) < 4.78 is 14.0. The molecule has 1 aromatic heterocycles. The van der Waals surface area contributed by atoms with Crippen LogP contribution < -0.4 is 0 Å². The summed E-state index contributed by atoms with van der Waals surface area (Å²) in [5.74, 6) is -1.96. The molecular weight excluding hydrogens is 325 g/mol. The number of aromatic nitrogens is 1. The van der Waals surface area contributed by atoms with E-state index in [1.807, 2.05) is 24.3 Å². The van der Waals surface area contributed by atoms with E-state index in [2.05, 4.69) is 20.9 Å². The fourth-order valence-electron chi connectivity index (χ4n) is 2.03. The van der Waals surface area contributed by atoms with E-state index in [0.29, 0.717) is 12.0 Å². The van der Waals surface area contributed by atoms with Crippen LogP contribution in [0, 0.1) is 11.7 Å². The van der Waals surface area contributed by atoms with Gasteiger partial charge < -0.3 is 5.11 Å². The predicted molar refractivity (Wildman–Crippen MR) is 76.9 cm³/mol. The average Bonchev–Trinajstić information content (AvgIpc) is 2.40. The van der Waals surface area contributed by atoms with Crippen LogP contribution in [0.1, 0.15) is 11.1 Å². The van der Waals surface area contributed by atoms with E-state index in [9.17, 15) is 14.3 Å². The third kappa shape index (κ3) is 3.87. The number of halogens is 2. The van der Waals surface area contributed by atoms with Crippen LogP contribution in [0.25, 0.3) is 0 Å². The molecule has 0 aliphatic rings. The number of pyridine rings is 1. The van der Waals surface area contributed by atoms with E-state index in [4.69, 9.17) is 0 Å². The summed E-state index contributed by atoms with van der Waals surface area (Å²) in [4.78, 5) is 15.1. The lowest BCUT2D eigenvalue weighted by Gasteiger charge is -2.13. The lowest BCUT2D eigenvalue weighted by molar-refractivity contribution is -0.141. The highest BCUT2D eigenvalue weighted by Crippen LogP contribution is 2.22. The molecule has 1 aromatic carbocycles. The molecule has 0 radical (unpaired) electrons. The van der Waals surface area contributed by atoms with Crippen LogP contribution in [0.2, 0.25) is 0 Å². The Morgan fingerprint density at radius 1 is 1.30 bits per heavy atom. The molecule has 1 atom stereocenters. The molecule has 1 unspecified atom stereocenters. The smallest absolute Gasteiger partial charge is 0.307 e. The summed E-state index contributed by atoms with van der Waals surface area (Å²) in [6.45, 7) is 0. The lowest BCUT2D eigenvalue weighted by atomic mass is 9.93. The number of carbonyl (C=O) groups is 1. The SMILES string of the molecule is O=C(O)C(Cc1cncc(F)c1)Cc1ccccc1Br. The first-order valence-corrected chi connectivity index (χ1v) is 6.91. The van der Waals surface area contributed by atoms with Gasteiger partial charge in [0.05, 0.1) is 12.1 Å². The van der Waals surface area contributed by atoms with Crippen molar-refractivity contribution in [2.75, 3.05) is 0 Å².